The summed E-state index contributed by atoms with van der Waals surface area (Å²) in [5.41, 5.74) is 0.450. The lowest BCUT2D eigenvalue weighted by atomic mass is 9.45. The molecular weight excluding hydrogens is 366 g/mol. The van der Waals surface area contributed by atoms with Gasteiger partial charge in [-0.3, -0.25) is 4.79 Å². The second kappa shape index (κ2) is 9.12. The van der Waals surface area contributed by atoms with E-state index in [1.54, 1.807) is 0 Å². The Bertz CT molecular complexity index is 784. The van der Waals surface area contributed by atoms with Crippen LogP contribution in [0.25, 0.3) is 0 Å². The first-order valence-electron chi connectivity index (χ1n) is 10.3. The third kappa shape index (κ3) is 4.97. The van der Waals surface area contributed by atoms with Gasteiger partial charge in [0.25, 0.3) is 0 Å². The molecule has 29 heavy (non-hydrogen) atoms. The molecule has 8 nitrogen and oxygen atoms in total. The lowest BCUT2D eigenvalue weighted by Crippen LogP contribution is -2.53. The molecule has 4 N–H and O–H groups in total. The summed E-state index contributed by atoms with van der Waals surface area (Å²) in [5.74, 6) is 5.98. The van der Waals surface area contributed by atoms with Crippen molar-refractivity contribution in [1.82, 2.24) is 20.3 Å². The molecule has 0 radical (unpaired) electrons. The first kappa shape index (κ1) is 20.9. The summed E-state index contributed by atoms with van der Waals surface area (Å²) in [4.78, 5) is 24.5. The molecule has 0 spiro atoms. The van der Waals surface area contributed by atoms with E-state index in [0.717, 1.165) is 18.4 Å². The molecule has 0 aromatic carbocycles. The van der Waals surface area contributed by atoms with E-state index in [9.17, 15) is 4.79 Å². The quantitative estimate of drug-likeness (QED) is 0.272. The van der Waals surface area contributed by atoms with Crippen molar-refractivity contribution in [1.29, 1.82) is 0 Å². The zero-order valence-electron chi connectivity index (χ0n) is 17.3. The Hall–Kier alpha value is -2.82. The molecule has 3 aliphatic rings. The highest BCUT2D eigenvalue weighted by Crippen LogP contribution is 2.61. The van der Waals surface area contributed by atoms with Crippen LogP contribution < -0.4 is 21.3 Å². The molecule has 1 aromatic rings. The van der Waals surface area contributed by atoms with E-state index in [4.69, 9.17) is 6.42 Å². The van der Waals surface area contributed by atoms with Gasteiger partial charge in [0.05, 0.1) is 6.54 Å². The van der Waals surface area contributed by atoms with Gasteiger partial charge in [0, 0.05) is 19.6 Å². The summed E-state index contributed by atoms with van der Waals surface area (Å²) in [5, 5.41) is 12.2. The van der Waals surface area contributed by atoms with E-state index in [1.807, 2.05) is 0 Å². The van der Waals surface area contributed by atoms with Gasteiger partial charge in [-0.05, 0) is 48.5 Å². The highest BCUT2D eigenvalue weighted by molar-refractivity contribution is 5.86. The van der Waals surface area contributed by atoms with E-state index in [-0.39, 0.29) is 5.91 Å². The van der Waals surface area contributed by atoms with Crippen molar-refractivity contribution in [2.45, 2.75) is 33.1 Å². The van der Waals surface area contributed by atoms with Crippen LogP contribution in [0.4, 0.5) is 17.8 Å². The molecule has 3 fully saturated rings. The Morgan fingerprint density at radius 3 is 2.48 bits per heavy atom. The van der Waals surface area contributed by atoms with Crippen LogP contribution in [0.2, 0.25) is 0 Å². The van der Waals surface area contributed by atoms with Gasteiger partial charge in [-0.15, -0.1) is 6.42 Å². The standard InChI is InChI=1S/C21H31N7O/c1-5-9-23-18-26-19(24-11-10-22-17(29)6-2)28-20(27-18)25-13-14-7-8-15-12-16(14)21(15,3)4/h1,6,14-16H,2,7-13H2,3-4H3,(H,22,29)(H3,23,24,25,26,27,28)/t14-,15-,16-/m1/s1. The van der Waals surface area contributed by atoms with Gasteiger partial charge in [0.1, 0.15) is 0 Å². The largest absolute Gasteiger partial charge is 0.354 e. The van der Waals surface area contributed by atoms with Crippen LogP contribution >= 0.6 is 0 Å². The van der Waals surface area contributed by atoms with Crippen molar-refractivity contribution in [2.24, 2.45) is 23.2 Å². The molecule has 4 rings (SSSR count). The molecule has 0 saturated heterocycles. The maximum atomic E-state index is 11.2. The molecule has 1 aromatic heterocycles. The van der Waals surface area contributed by atoms with E-state index in [0.29, 0.717) is 48.8 Å². The Morgan fingerprint density at radius 2 is 1.86 bits per heavy atom. The number of nitrogens with zero attached hydrogens (tertiary/aromatic N) is 3. The summed E-state index contributed by atoms with van der Waals surface area (Å²) in [6.45, 7) is 10.3. The predicted octanol–water partition coefficient (Wildman–Crippen LogP) is 2.11. The number of aromatic nitrogens is 3. The number of rotatable bonds is 10. The minimum Gasteiger partial charge on any atom is -0.354 e. The number of carbonyl (C=O) groups excluding carboxylic acids is 1. The molecule has 3 aliphatic carbocycles. The predicted molar refractivity (Wildman–Crippen MR) is 115 cm³/mol. The zero-order chi connectivity index (χ0) is 20.9. The Morgan fingerprint density at radius 1 is 1.17 bits per heavy atom. The van der Waals surface area contributed by atoms with E-state index in [2.05, 4.69) is 62.6 Å². The van der Waals surface area contributed by atoms with E-state index >= 15 is 0 Å². The lowest BCUT2D eigenvalue weighted by Gasteiger charge is -2.60. The van der Waals surface area contributed by atoms with Gasteiger partial charge in [0.15, 0.2) is 0 Å². The van der Waals surface area contributed by atoms with Crippen LogP contribution in [0.1, 0.15) is 33.1 Å². The third-order valence-corrected chi connectivity index (χ3v) is 6.40. The molecule has 3 saturated carbocycles. The minimum atomic E-state index is -0.213. The minimum absolute atomic E-state index is 0.213. The Kier molecular flexibility index (Phi) is 6.57. The molecule has 8 heteroatoms. The zero-order valence-corrected chi connectivity index (χ0v) is 17.3. The molecule has 2 bridgehead atoms. The van der Waals surface area contributed by atoms with Crippen LogP contribution in [0.3, 0.4) is 0 Å². The lowest BCUT2D eigenvalue weighted by molar-refractivity contribution is -0.116. The van der Waals surface area contributed by atoms with Gasteiger partial charge in [0.2, 0.25) is 23.8 Å². The maximum absolute atomic E-state index is 11.2. The van der Waals surface area contributed by atoms with Crippen LogP contribution in [0.15, 0.2) is 12.7 Å². The number of hydrogen-bond donors (Lipinski definition) is 4. The van der Waals surface area contributed by atoms with Crippen molar-refractivity contribution in [3.8, 4) is 12.3 Å². The number of anilines is 3. The molecule has 1 amide bonds. The first-order valence-corrected chi connectivity index (χ1v) is 10.3. The molecular formula is C21H31N7O. The number of terminal acetylenes is 1. The summed E-state index contributed by atoms with van der Waals surface area (Å²) < 4.78 is 0. The van der Waals surface area contributed by atoms with Crippen molar-refractivity contribution in [3.05, 3.63) is 12.7 Å². The number of amides is 1. The van der Waals surface area contributed by atoms with Gasteiger partial charge >= 0.3 is 0 Å². The SMILES string of the molecule is C#CCNc1nc(NCCNC(=O)C=C)nc(NC[C@H]2CC[C@@H]3C[C@H]2C3(C)C)n1. The average Bonchev–Trinajstić information content (AvgIpc) is 2.73. The molecule has 0 unspecified atom stereocenters. The van der Waals surface area contributed by atoms with Gasteiger partial charge in [-0.25, -0.2) is 0 Å². The second-order valence-corrected chi connectivity index (χ2v) is 8.36. The first-order chi connectivity index (χ1) is 13.9. The summed E-state index contributed by atoms with van der Waals surface area (Å²) in [6.07, 6.45) is 10.5. The van der Waals surface area contributed by atoms with Crippen molar-refractivity contribution < 1.29 is 4.79 Å². The number of carbonyl (C=O) groups is 1. The number of fused-ring (bicyclic) bond motifs is 2. The van der Waals surface area contributed by atoms with E-state index < -0.39 is 0 Å². The second-order valence-electron chi connectivity index (χ2n) is 8.36. The average molecular weight is 398 g/mol. The fourth-order valence-electron chi connectivity index (χ4n) is 4.60. The van der Waals surface area contributed by atoms with Gasteiger partial charge in [-0.2, -0.15) is 15.0 Å². The summed E-state index contributed by atoms with van der Waals surface area (Å²) >= 11 is 0. The monoisotopic (exact) mass is 397 g/mol. The fourth-order valence-corrected chi connectivity index (χ4v) is 4.60. The third-order valence-electron chi connectivity index (χ3n) is 6.40. The van der Waals surface area contributed by atoms with Gasteiger partial charge in [-0.1, -0.05) is 26.3 Å². The number of nitrogens with one attached hydrogen (secondary N) is 4. The van der Waals surface area contributed by atoms with E-state index in [1.165, 1.54) is 25.3 Å². The topological polar surface area (TPSA) is 104 Å². The molecule has 1 heterocycles. The highest BCUT2D eigenvalue weighted by Gasteiger charge is 2.53. The van der Waals surface area contributed by atoms with Crippen LogP contribution in [-0.4, -0.2) is 47.0 Å². The van der Waals surface area contributed by atoms with Crippen LogP contribution in [0, 0.1) is 35.5 Å². The molecule has 0 aliphatic heterocycles. The van der Waals surface area contributed by atoms with Crippen molar-refractivity contribution in [3.63, 3.8) is 0 Å². The van der Waals surface area contributed by atoms with Crippen molar-refractivity contribution in [2.75, 3.05) is 42.1 Å². The maximum Gasteiger partial charge on any atom is 0.243 e. The highest BCUT2D eigenvalue weighted by atomic mass is 16.1. The number of hydrogen-bond acceptors (Lipinski definition) is 7. The Labute approximate surface area is 172 Å². The summed E-state index contributed by atoms with van der Waals surface area (Å²) in [6, 6.07) is 0. The normalized spacial score (nSPS) is 23.8. The van der Waals surface area contributed by atoms with Crippen molar-refractivity contribution >= 4 is 23.8 Å². The fraction of sp³-hybridized carbons (Fsp3) is 0.619. The van der Waals surface area contributed by atoms with Crippen LogP contribution in [-0.2, 0) is 4.79 Å². The molecule has 3 atom stereocenters. The molecule has 156 valence electrons. The Balaban J connectivity index is 1.59. The summed E-state index contributed by atoms with van der Waals surface area (Å²) in [7, 11) is 0. The smallest absolute Gasteiger partial charge is 0.243 e. The van der Waals surface area contributed by atoms with Crippen LogP contribution in [0.5, 0.6) is 0 Å². The van der Waals surface area contributed by atoms with Gasteiger partial charge < -0.3 is 21.3 Å².